The number of piperazine rings is 1. The highest BCUT2D eigenvalue weighted by Gasteiger charge is 2.24. The van der Waals surface area contributed by atoms with E-state index in [1.54, 1.807) is 29.2 Å². The first-order valence-electron chi connectivity index (χ1n) is 11.0. The van der Waals surface area contributed by atoms with Crippen LogP contribution in [0.15, 0.2) is 72.3 Å². The molecule has 1 heterocycles. The van der Waals surface area contributed by atoms with Gasteiger partial charge in [0.25, 0.3) is 5.91 Å². The average Bonchev–Trinajstić information content (AvgIpc) is 2.87. The number of hydrogen-bond acceptors (Lipinski definition) is 4. The van der Waals surface area contributed by atoms with Gasteiger partial charge in [-0.25, -0.2) is 4.39 Å². The lowest BCUT2D eigenvalue weighted by Crippen LogP contribution is -2.49. The van der Waals surface area contributed by atoms with Crippen molar-refractivity contribution in [2.75, 3.05) is 31.1 Å². The van der Waals surface area contributed by atoms with Crippen LogP contribution in [0.5, 0.6) is 5.75 Å². The van der Waals surface area contributed by atoms with E-state index in [1.165, 1.54) is 18.2 Å². The lowest BCUT2D eigenvalue weighted by atomic mass is 10.1. The molecular weight excluding hydrogens is 488 g/mol. The third-order valence-electron chi connectivity index (χ3n) is 5.64. The molecule has 0 bridgehead atoms. The number of amides is 1. The fourth-order valence-electron chi connectivity index (χ4n) is 3.87. The quantitative estimate of drug-likeness (QED) is 0.303. The molecule has 1 amide bonds. The molecule has 35 heavy (non-hydrogen) atoms. The molecule has 4 rings (SSSR count). The molecule has 178 valence electrons. The van der Waals surface area contributed by atoms with Crippen molar-refractivity contribution in [3.05, 3.63) is 99.3 Å². The van der Waals surface area contributed by atoms with E-state index >= 15 is 0 Å². The van der Waals surface area contributed by atoms with Gasteiger partial charge in [-0.1, -0.05) is 53.5 Å². The maximum Gasteiger partial charge on any atom is 0.264 e. The summed E-state index contributed by atoms with van der Waals surface area (Å²) in [4.78, 5) is 16.9. The summed E-state index contributed by atoms with van der Waals surface area (Å²) in [5, 5.41) is 10.1. The zero-order valence-electron chi connectivity index (χ0n) is 18.8. The number of para-hydroxylation sites is 1. The van der Waals surface area contributed by atoms with Gasteiger partial charge in [0, 0.05) is 31.9 Å². The van der Waals surface area contributed by atoms with Crippen LogP contribution in [0, 0.1) is 17.1 Å². The summed E-state index contributed by atoms with van der Waals surface area (Å²) in [5.41, 5.74) is 2.25. The molecule has 1 aliphatic rings. The smallest absolute Gasteiger partial charge is 0.264 e. The Hall–Kier alpha value is -3.53. The lowest BCUT2D eigenvalue weighted by Gasteiger charge is -2.36. The van der Waals surface area contributed by atoms with Crippen LogP contribution in [0.1, 0.15) is 11.1 Å². The van der Waals surface area contributed by atoms with Gasteiger partial charge in [0.05, 0.1) is 10.0 Å². The second-order valence-corrected chi connectivity index (χ2v) is 8.83. The summed E-state index contributed by atoms with van der Waals surface area (Å²) >= 11 is 12.7. The van der Waals surface area contributed by atoms with E-state index in [4.69, 9.17) is 27.9 Å². The molecule has 0 unspecified atom stereocenters. The van der Waals surface area contributed by atoms with E-state index < -0.39 is 0 Å². The van der Waals surface area contributed by atoms with Gasteiger partial charge in [0.2, 0.25) is 0 Å². The maximum absolute atomic E-state index is 13.4. The number of carbonyl (C=O) groups excluding carboxylic acids is 1. The zero-order valence-corrected chi connectivity index (χ0v) is 20.3. The van der Waals surface area contributed by atoms with Gasteiger partial charge in [-0.2, -0.15) is 5.26 Å². The number of halogens is 3. The predicted molar refractivity (Wildman–Crippen MR) is 136 cm³/mol. The minimum Gasteiger partial charge on any atom is -0.486 e. The van der Waals surface area contributed by atoms with Crippen LogP contribution in [-0.4, -0.2) is 37.0 Å². The van der Waals surface area contributed by atoms with Gasteiger partial charge in [-0.05, 0) is 53.6 Å². The highest BCUT2D eigenvalue weighted by Crippen LogP contribution is 2.35. The molecule has 8 heteroatoms. The lowest BCUT2D eigenvalue weighted by molar-refractivity contribution is -0.126. The first-order chi connectivity index (χ1) is 16.9. The summed E-state index contributed by atoms with van der Waals surface area (Å²) in [6, 6.07) is 21.2. The number of hydrogen-bond donors (Lipinski definition) is 0. The average molecular weight is 510 g/mol. The van der Waals surface area contributed by atoms with Crippen molar-refractivity contribution >= 4 is 40.9 Å². The third kappa shape index (κ3) is 6.13. The third-order valence-corrected chi connectivity index (χ3v) is 6.20. The Labute approximate surface area is 213 Å². The van der Waals surface area contributed by atoms with Crippen LogP contribution in [0.3, 0.4) is 0 Å². The highest BCUT2D eigenvalue weighted by atomic mass is 35.5. The topological polar surface area (TPSA) is 56.6 Å². The molecule has 0 atom stereocenters. The number of ether oxygens (including phenoxy) is 1. The molecule has 0 N–H and O–H groups in total. The van der Waals surface area contributed by atoms with Crippen molar-refractivity contribution in [1.82, 2.24) is 4.90 Å². The first-order valence-corrected chi connectivity index (χ1v) is 11.8. The van der Waals surface area contributed by atoms with Crippen LogP contribution < -0.4 is 9.64 Å². The molecule has 0 saturated carbocycles. The van der Waals surface area contributed by atoms with Crippen molar-refractivity contribution in [2.24, 2.45) is 0 Å². The van der Waals surface area contributed by atoms with E-state index in [1.807, 2.05) is 36.4 Å². The summed E-state index contributed by atoms with van der Waals surface area (Å²) in [6.07, 6.45) is 1.47. The molecule has 5 nitrogen and oxygen atoms in total. The normalized spacial score (nSPS) is 13.9. The monoisotopic (exact) mass is 509 g/mol. The van der Waals surface area contributed by atoms with Gasteiger partial charge in [0.1, 0.15) is 24.1 Å². The van der Waals surface area contributed by atoms with Crippen molar-refractivity contribution in [3.8, 4) is 11.8 Å². The number of benzene rings is 3. The Bertz CT molecular complexity index is 1260. The standard InChI is InChI=1S/C27H22Cl2FN3O2/c28-24-15-20(16-25(29)26(24)35-18-19-5-4-6-22(30)14-19)13-21(17-31)27(34)33-11-9-32(10-12-33)23-7-2-1-3-8-23/h1-8,13-16H,9-12,18H2/b21-13-. The van der Waals surface area contributed by atoms with Crippen molar-refractivity contribution in [3.63, 3.8) is 0 Å². The Morgan fingerprint density at radius 2 is 1.69 bits per heavy atom. The SMILES string of the molecule is N#C/C(=C/c1cc(Cl)c(OCc2cccc(F)c2)c(Cl)c1)C(=O)N1CCN(c2ccccc2)CC1. The van der Waals surface area contributed by atoms with Gasteiger partial charge in [-0.3, -0.25) is 4.79 Å². The van der Waals surface area contributed by atoms with E-state index in [9.17, 15) is 14.4 Å². The van der Waals surface area contributed by atoms with E-state index in [0.717, 1.165) is 5.69 Å². The molecule has 0 aliphatic carbocycles. The predicted octanol–water partition coefficient (Wildman–Crippen LogP) is 5.97. The second kappa shape index (κ2) is 11.3. The first kappa shape index (κ1) is 24.6. The Kier molecular flexibility index (Phi) is 7.91. The van der Waals surface area contributed by atoms with Gasteiger partial charge in [-0.15, -0.1) is 0 Å². The van der Waals surface area contributed by atoms with Crippen LogP contribution in [0.25, 0.3) is 6.08 Å². The van der Waals surface area contributed by atoms with Crippen LogP contribution in [0.4, 0.5) is 10.1 Å². The molecule has 0 radical (unpaired) electrons. The molecule has 0 aromatic heterocycles. The molecule has 3 aromatic rings. The van der Waals surface area contributed by atoms with Gasteiger partial charge in [0.15, 0.2) is 5.75 Å². The molecule has 1 fully saturated rings. The molecule has 1 aliphatic heterocycles. The Morgan fingerprint density at radius 3 is 2.31 bits per heavy atom. The number of rotatable bonds is 6. The summed E-state index contributed by atoms with van der Waals surface area (Å²) in [7, 11) is 0. The number of anilines is 1. The van der Waals surface area contributed by atoms with Crippen molar-refractivity contribution < 1.29 is 13.9 Å². The van der Waals surface area contributed by atoms with Crippen LogP contribution >= 0.6 is 23.2 Å². The Balaban J connectivity index is 1.43. The minimum absolute atomic E-state index is 0.00118. The molecule has 0 spiro atoms. The number of carbonyl (C=O) groups is 1. The van der Waals surface area contributed by atoms with E-state index in [-0.39, 0.29) is 39.7 Å². The fraction of sp³-hybridized carbons (Fsp3) is 0.185. The summed E-state index contributed by atoms with van der Waals surface area (Å²) < 4.78 is 19.1. The molecule has 3 aromatic carbocycles. The van der Waals surface area contributed by atoms with Crippen molar-refractivity contribution in [1.29, 1.82) is 5.26 Å². The maximum atomic E-state index is 13.4. The van der Waals surface area contributed by atoms with Gasteiger partial charge < -0.3 is 14.5 Å². The number of nitriles is 1. The summed E-state index contributed by atoms with van der Waals surface area (Å²) in [6.45, 7) is 2.48. The summed E-state index contributed by atoms with van der Waals surface area (Å²) in [5.74, 6) is -0.450. The zero-order chi connectivity index (χ0) is 24.8. The number of nitrogens with zero attached hydrogens (tertiary/aromatic N) is 3. The largest absolute Gasteiger partial charge is 0.486 e. The fourth-order valence-corrected chi connectivity index (χ4v) is 4.48. The second-order valence-electron chi connectivity index (χ2n) is 8.02. The van der Waals surface area contributed by atoms with Gasteiger partial charge >= 0.3 is 0 Å². The van der Waals surface area contributed by atoms with Crippen LogP contribution in [-0.2, 0) is 11.4 Å². The van der Waals surface area contributed by atoms with E-state index in [0.29, 0.717) is 37.3 Å². The molecular formula is C27H22Cl2FN3O2. The van der Waals surface area contributed by atoms with E-state index in [2.05, 4.69) is 4.90 Å². The molecule has 1 saturated heterocycles. The Morgan fingerprint density at radius 1 is 1.00 bits per heavy atom. The highest BCUT2D eigenvalue weighted by molar-refractivity contribution is 6.37. The van der Waals surface area contributed by atoms with Crippen LogP contribution in [0.2, 0.25) is 10.0 Å². The minimum atomic E-state index is -0.362. The van der Waals surface area contributed by atoms with Crippen molar-refractivity contribution in [2.45, 2.75) is 6.61 Å².